The van der Waals surface area contributed by atoms with Gasteiger partial charge < -0.3 is 15.8 Å². The number of nitrogens with zero attached hydrogens (tertiary/aromatic N) is 4. The molecule has 9 nitrogen and oxygen atoms in total. The maximum atomic E-state index is 12.6. The fraction of sp³-hybridized carbons (Fsp3) is 0.211. The molecule has 3 N–H and O–H groups in total. The highest BCUT2D eigenvalue weighted by atomic mass is 16.5. The van der Waals surface area contributed by atoms with E-state index in [1.54, 1.807) is 47.4 Å². The summed E-state index contributed by atoms with van der Waals surface area (Å²) in [6.07, 6.45) is 3.22. The number of carbonyl (C=O) groups excluding carboxylic acids is 2. The second-order valence-electron chi connectivity index (χ2n) is 6.54. The molecular formula is C19H20N6O3. The van der Waals surface area contributed by atoms with Crippen molar-refractivity contribution in [2.24, 2.45) is 5.73 Å². The molecule has 0 aliphatic heterocycles. The second-order valence-corrected chi connectivity index (χ2v) is 6.54. The first-order valence-corrected chi connectivity index (χ1v) is 8.46. The Balaban J connectivity index is 2.05. The van der Waals surface area contributed by atoms with E-state index in [0.717, 1.165) is 0 Å². The summed E-state index contributed by atoms with van der Waals surface area (Å²) in [5, 5.41) is 6.98. The summed E-state index contributed by atoms with van der Waals surface area (Å²) in [7, 11) is 1.53. The normalized spacial score (nSPS) is 11.1. The molecule has 3 aromatic rings. The van der Waals surface area contributed by atoms with Crippen molar-refractivity contribution < 1.29 is 14.3 Å². The van der Waals surface area contributed by atoms with Gasteiger partial charge in [0.2, 0.25) is 11.8 Å². The fourth-order valence-corrected chi connectivity index (χ4v) is 2.41. The Kier molecular flexibility index (Phi) is 5.08. The molecule has 28 heavy (non-hydrogen) atoms. The van der Waals surface area contributed by atoms with Gasteiger partial charge in [-0.1, -0.05) is 6.07 Å². The molecule has 144 valence electrons. The van der Waals surface area contributed by atoms with Crippen molar-refractivity contribution in [1.82, 2.24) is 25.1 Å². The minimum Gasteiger partial charge on any atom is -0.481 e. The summed E-state index contributed by atoms with van der Waals surface area (Å²) in [6.45, 7) is 3.05. The number of methoxy groups -OCH3 is 1. The summed E-state index contributed by atoms with van der Waals surface area (Å²) in [5.74, 6) is -0.720. The molecule has 0 radical (unpaired) electrons. The van der Waals surface area contributed by atoms with Gasteiger partial charge in [0, 0.05) is 12.3 Å². The van der Waals surface area contributed by atoms with E-state index < -0.39 is 17.4 Å². The number of ether oxygens (including phenoxy) is 1. The number of rotatable bonds is 6. The predicted molar refractivity (Wildman–Crippen MR) is 102 cm³/mol. The third-order valence-electron chi connectivity index (χ3n) is 4.09. The van der Waals surface area contributed by atoms with E-state index in [0.29, 0.717) is 23.0 Å². The van der Waals surface area contributed by atoms with E-state index in [1.165, 1.54) is 21.0 Å². The first kappa shape index (κ1) is 19.0. The molecule has 0 saturated heterocycles. The molecule has 0 aliphatic rings. The molecule has 0 saturated carbocycles. The molecule has 0 aromatic carbocycles. The lowest BCUT2D eigenvalue weighted by atomic mass is 10.1. The van der Waals surface area contributed by atoms with E-state index in [4.69, 9.17) is 10.5 Å². The molecule has 0 spiro atoms. The standard InChI is InChI=1S/C19H20N6O3/c1-19(2,18(20)27)23-17(26)14-10-15(13-6-4-5-9-21-13)25(24-14)12-7-8-16(28-3)22-11-12/h4-11H,1-3H3,(H2,20,27)(H,23,26). The van der Waals surface area contributed by atoms with Gasteiger partial charge in [0.15, 0.2) is 5.69 Å². The number of nitrogens with one attached hydrogen (secondary N) is 1. The highest BCUT2D eigenvalue weighted by Crippen LogP contribution is 2.23. The molecule has 2 amide bonds. The maximum absolute atomic E-state index is 12.6. The zero-order chi connectivity index (χ0) is 20.3. The van der Waals surface area contributed by atoms with Crippen molar-refractivity contribution >= 4 is 11.8 Å². The van der Waals surface area contributed by atoms with Crippen LogP contribution in [-0.2, 0) is 4.79 Å². The van der Waals surface area contributed by atoms with Crippen molar-refractivity contribution in [2.75, 3.05) is 7.11 Å². The van der Waals surface area contributed by atoms with Crippen LogP contribution >= 0.6 is 0 Å². The van der Waals surface area contributed by atoms with Crippen LogP contribution in [0.4, 0.5) is 0 Å². The smallest absolute Gasteiger partial charge is 0.272 e. The van der Waals surface area contributed by atoms with Crippen LogP contribution in [-0.4, -0.2) is 44.2 Å². The Labute approximate surface area is 161 Å². The molecule has 0 bridgehead atoms. The van der Waals surface area contributed by atoms with Gasteiger partial charge in [-0.15, -0.1) is 0 Å². The molecule has 3 rings (SSSR count). The molecule has 0 aliphatic carbocycles. The number of hydrogen-bond donors (Lipinski definition) is 2. The van der Waals surface area contributed by atoms with Gasteiger partial charge in [-0.2, -0.15) is 5.10 Å². The van der Waals surface area contributed by atoms with Crippen LogP contribution in [0, 0.1) is 0 Å². The van der Waals surface area contributed by atoms with Crippen molar-refractivity contribution in [3.63, 3.8) is 0 Å². The van der Waals surface area contributed by atoms with Crippen LogP contribution in [0.15, 0.2) is 48.8 Å². The van der Waals surface area contributed by atoms with Gasteiger partial charge in [-0.25, -0.2) is 9.67 Å². The number of pyridine rings is 2. The van der Waals surface area contributed by atoms with Crippen molar-refractivity contribution in [1.29, 1.82) is 0 Å². The van der Waals surface area contributed by atoms with E-state index in [9.17, 15) is 9.59 Å². The van der Waals surface area contributed by atoms with Crippen molar-refractivity contribution in [3.05, 3.63) is 54.5 Å². The van der Waals surface area contributed by atoms with Crippen LogP contribution in [0.3, 0.4) is 0 Å². The Morgan fingerprint density at radius 3 is 2.54 bits per heavy atom. The number of nitrogens with two attached hydrogens (primary N) is 1. The molecule has 9 heteroatoms. The monoisotopic (exact) mass is 380 g/mol. The minimum atomic E-state index is -1.21. The summed E-state index contributed by atoms with van der Waals surface area (Å²) in [6, 6.07) is 10.5. The average molecular weight is 380 g/mol. The summed E-state index contributed by atoms with van der Waals surface area (Å²) in [4.78, 5) is 32.7. The number of amides is 2. The van der Waals surface area contributed by atoms with Crippen molar-refractivity contribution in [3.8, 4) is 23.0 Å². The number of primary amides is 1. The van der Waals surface area contributed by atoms with E-state index in [1.807, 2.05) is 6.07 Å². The Bertz CT molecular complexity index is 996. The molecule has 3 aromatic heterocycles. The summed E-state index contributed by atoms with van der Waals surface area (Å²) in [5.41, 5.74) is 6.07. The third-order valence-corrected chi connectivity index (χ3v) is 4.09. The first-order chi connectivity index (χ1) is 13.3. The quantitative estimate of drug-likeness (QED) is 0.665. The number of hydrogen-bond acceptors (Lipinski definition) is 6. The SMILES string of the molecule is COc1ccc(-n2nc(C(=O)NC(C)(C)C(N)=O)cc2-c2ccccn2)cn1. The van der Waals surface area contributed by atoms with Gasteiger partial charge >= 0.3 is 0 Å². The lowest BCUT2D eigenvalue weighted by Gasteiger charge is -2.21. The Hall–Kier alpha value is -3.75. The van der Waals surface area contributed by atoms with Gasteiger partial charge in [-0.05, 0) is 38.1 Å². The van der Waals surface area contributed by atoms with Crippen LogP contribution in [0.2, 0.25) is 0 Å². The number of carbonyl (C=O) groups is 2. The largest absolute Gasteiger partial charge is 0.481 e. The van der Waals surface area contributed by atoms with Gasteiger partial charge in [0.25, 0.3) is 5.91 Å². The Morgan fingerprint density at radius 1 is 1.18 bits per heavy atom. The highest BCUT2D eigenvalue weighted by Gasteiger charge is 2.29. The topological polar surface area (TPSA) is 125 Å². The number of aromatic nitrogens is 4. The summed E-state index contributed by atoms with van der Waals surface area (Å²) < 4.78 is 6.64. The first-order valence-electron chi connectivity index (χ1n) is 8.46. The minimum absolute atomic E-state index is 0.116. The Morgan fingerprint density at radius 2 is 1.96 bits per heavy atom. The average Bonchev–Trinajstić information content (AvgIpc) is 3.14. The molecule has 0 fully saturated rings. The summed E-state index contributed by atoms with van der Waals surface area (Å²) >= 11 is 0. The molecule has 0 atom stereocenters. The zero-order valence-electron chi connectivity index (χ0n) is 15.7. The predicted octanol–water partition coefficient (Wildman–Crippen LogP) is 1.33. The van der Waals surface area contributed by atoms with Crippen molar-refractivity contribution in [2.45, 2.75) is 19.4 Å². The maximum Gasteiger partial charge on any atom is 0.272 e. The van der Waals surface area contributed by atoms with Crippen LogP contribution in [0.1, 0.15) is 24.3 Å². The molecule has 3 heterocycles. The van der Waals surface area contributed by atoms with Gasteiger partial charge in [0.1, 0.15) is 5.54 Å². The van der Waals surface area contributed by atoms with Crippen LogP contribution in [0.25, 0.3) is 17.1 Å². The lowest BCUT2D eigenvalue weighted by molar-refractivity contribution is -0.122. The van der Waals surface area contributed by atoms with Gasteiger partial charge in [-0.3, -0.25) is 14.6 Å². The van der Waals surface area contributed by atoms with E-state index >= 15 is 0 Å². The van der Waals surface area contributed by atoms with Crippen LogP contribution < -0.4 is 15.8 Å². The van der Waals surface area contributed by atoms with Gasteiger partial charge in [0.05, 0.1) is 30.4 Å². The fourth-order valence-electron chi connectivity index (χ4n) is 2.41. The lowest BCUT2D eigenvalue weighted by Crippen LogP contribution is -2.53. The van der Waals surface area contributed by atoms with Crippen LogP contribution in [0.5, 0.6) is 5.88 Å². The third kappa shape index (κ3) is 3.83. The van der Waals surface area contributed by atoms with E-state index in [2.05, 4.69) is 20.4 Å². The zero-order valence-corrected chi connectivity index (χ0v) is 15.7. The second kappa shape index (κ2) is 7.47. The molecular weight excluding hydrogens is 360 g/mol. The highest BCUT2D eigenvalue weighted by molar-refractivity contribution is 5.98. The molecule has 0 unspecified atom stereocenters. The van der Waals surface area contributed by atoms with E-state index in [-0.39, 0.29) is 5.69 Å².